The second-order valence-corrected chi connectivity index (χ2v) is 3.89. The van der Waals surface area contributed by atoms with Gasteiger partial charge in [-0.15, -0.1) is 0 Å². The molecule has 2 heteroatoms. The van der Waals surface area contributed by atoms with Crippen LogP contribution < -0.4 is 0 Å². The van der Waals surface area contributed by atoms with Gasteiger partial charge >= 0.3 is 0 Å². The number of rotatable bonds is 3. The molecule has 0 spiro atoms. The van der Waals surface area contributed by atoms with Crippen LogP contribution >= 0.6 is 0 Å². The molecule has 78 valence electrons. The van der Waals surface area contributed by atoms with Gasteiger partial charge < -0.3 is 4.90 Å². The first-order valence-corrected chi connectivity index (χ1v) is 5.27. The van der Waals surface area contributed by atoms with Crippen LogP contribution in [0.5, 0.6) is 0 Å². The Morgan fingerprint density at radius 2 is 2.13 bits per heavy atom. The van der Waals surface area contributed by atoms with E-state index in [2.05, 4.69) is 11.5 Å². The van der Waals surface area contributed by atoms with Crippen molar-refractivity contribution in [2.75, 3.05) is 13.1 Å². The quantitative estimate of drug-likeness (QED) is 0.699. The fourth-order valence-corrected chi connectivity index (χ4v) is 2.01. The van der Waals surface area contributed by atoms with Crippen LogP contribution in [0.4, 0.5) is 0 Å². The van der Waals surface area contributed by atoms with Crippen molar-refractivity contribution in [1.29, 1.82) is 0 Å². The highest BCUT2D eigenvalue weighted by atomic mass is 16.1. The van der Waals surface area contributed by atoms with Crippen molar-refractivity contribution in [3.8, 4) is 0 Å². The molecule has 0 amide bonds. The predicted octanol–water partition coefficient (Wildman–Crippen LogP) is 2.33. The lowest BCUT2D eigenvalue weighted by Crippen LogP contribution is -2.18. The summed E-state index contributed by atoms with van der Waals surface area (Å²) in [6, 6.07) is 9.53. The summed E-state index contributed by atoms with van der Waals surface area (Å²) in [5.74, 6) is 0.408. The lowest BCUT2D eigenvalue weighted by Gasteiger charge is -2.11. The number of carbonyl (C=O) groups excluding carboxylic acids is 1. The van der Waals surface area contributed by atoms with Crippen molar-refractivity contribution in [3.05, 3.63) is 48.7 Å². The average Bonchev–Trinajstić information content (AvgIpc) is 2.78. The van der Waals surface area contributed by atoms with E-state index in [-0.39, 0.29) is 11.7 Å². The lowest BCUT2D eigenvalue weighted by molar-refractivity contribution is 0.0926. The summed E-state index contributed by atoms with van der Waals surface area (Å²) < 4.78 is 0. The van der Waals surface area contributed by atoms with Gasteiger partial charge in [-0.25, -0.2) is 0 Å². The van der Waals surface area contributed by atoms with E-state index in [1.54, 1.807) is 0 Å². The minimum Gasteiger partial charge on any atom is -0.377 e. The Kier molecular flexibility index (Phi) is 2.86. The molecule has 0 aliphatic carbocycles. The van der Waals surface area contributed by atoms with Gasteiger partial charge in [-0.3, -0.25) is 4.79 Å². The zero-order valence-electron chi connectivity index (χ0n) is 8.73. The van der Waals surface area contributed by atoms with Gasteiger partial charge in [0.05, 0.1) is 0 Å². The van der Waals surface area contributed by atoms with Crippen molar-refractivity contribution < 1.29 is 4.79 Å². The molecule has 1 aliphatic rings. The third kappa shape index (κ3) is 2.09. The van der Waals surface area contributed by atoms with Crippen LogP contribution in [0.15, 0.2) is 43.1 Å². The highest BCUT2D eigenvalue weighted by Crippen LogP contribution is 2.20. The van der Waals surface area contributed by atoms with Crippen molar-refractivity contribution >= 4 is 5.78 Å². The molecule has 2 nitrogen and oxygen atoms in total. The first-order chi connectivity index (χ1) is 7.31. The van der Waals surface area contributed by atoms with E-state index in [9.17, 15) is 4.79 Å². The monoisotopic (exact) mass is 201 g/mol. The maximum Gasteiger partial charge on any atom is 0.167 e. The molecular formula is C13H15NO. The Morgan fingerprint density at radius 1 is 1.40 bits per heavy atom. The van der Waals surface area contributed by atoms with Crippen molar-refractivity contribution in [3.63, 3.8) is 0 Å². The topological polar surface area (TPSA) is 20.3 Å². The fourth-order valence-electron chi connectivity index (χ4n) is 2.01. The summed E-state index contributed by atoms with van der Waals surface area (Å²) in [4.78, 5) is 14.2. The Hall–Kier alpha value is -1.57. The van der Waals surface area contributed by atoms with Crippen molar-refractivity contribution in [1.82, 2.24) is 4.90 Å². The fraction of sp³-hybridized carbons (Fsp3) is 0.308. The molecule has 1 heterocycles. The van der Waals surface area contributed by atoms with E-state index in [1.807, 2.05) is 36.5 Å². The molecule has 0 bridgehead atoms. The van der Waals surface area contributed by atoms with Gasteiger partial charge in [-0.2, -0.15) is 0 Å². The minimum atomic E-state index is 0.144. The molecule has 0 radical (unpaired) electrons. The molecule has 0 saturated carbocycles. The van der Waals surface area contributed by atoms with E-state index >= 15 is 0 Å². The summed E-state index contributed by atoms with van der Waals surface area (Å²) in [5, 5.41) is 0. The SMILES string of the molecule is C=CN1CCC(C(=O)c2ccccc2)C1. The van der Waals surface area contributed by atoms with E-state index in [0.717, 1.165) is 25.1 Å². The van der Waals surface area contributed by atoms with Crippen LogP contribution in [0, 0.1) is 5.92 Å². The number of likely N-dealkylation sites (tertiary alicyclic amines) is 1. The maximum atomic E-state index is 12.0. The first kappa shape index (κ1) is 9.97. The van der Waals surface area contributed by atoms with E-state index in [0.29, 0.717) is 0 Å². The van der Waals surface area contributed by atoms with Crippen LogP contribution in [0.3, 0.4) is 0 Å². The van der Waals surface area contributed by atoms with Gasteiger partial charge in [0.15, 0.2) is 5.78 Å². The molecule has 1 aromatic carbocycles. The zero-order valence-corrected chi connectivity index (χ0v) is 8.73. The number of benzene rings is 1. The van der Waals surface area contributed by atoms with Crippen LogP contribution in [0.1, 0.15) is 16.8 Å². The normalized spacial score (nSPS) is 20.3. The molecule has 15 heavy (non-hydrogen) atoms. The van der Waals surface area contributed by atoms with Gasteiger partial charge in [0, 0.05) is 24.6 Å². The zero-order chi connectivity index (χ0) is 10.7. The summed E-state index contributed by atoms with van der Waals surface area (Å²) >= 11 is 0. The minimum absolute atomic E-state index is 0.144. The molecule has 1 aromatic rings. The summed E-state index contributed by atoms with van der Waals surface area (Å²) in [6.45, 7) is 5.49. The molecule has 0 aromatic heterocycles. The average molecular weight is 201 g/mol. The summed E-state index contributed by atoms with van der Waals surface area (Å²) in [6.07, 6.45) is 2.76. The predicted molar refractivity (Wildman–Crippen MR) is 60.6 cm³/mol. The van der Waals surface area contributed by atoms with Crippen molar-refractivity contribution in [2.45, 2.75) is 6.42 Å². The van der Waals surface area contributed by atoms with Crippen LogP contribution in [-0.2, 0) is 0 Å². The van der Waals surface area contributed by atoms with E-state index in [4.69, 9.17) is 0 Å². The molecule has 1 unspecified atom stereocenters. The van der Waals surface area contributed by atoms with Crippen LogP contribution in [-0.4, -0.2) is 23.8 Å². The number of ketones is 1. The summed E-state index contributed by atoms with van der Waals surface area (Å²) in [7, 11) is 0. The number of hydrogen-bond donors (Lipinski definition) is 0. The Morgan fingerprint density at radius 3 is 2.73 bits per heavy atom. The highest BCUT2D eigenvalue weighted by molar-refractivity contribution is 5.98. The van der Waals surface area contributed by atoms with Gasteiger partial charge in [0.1, 0.15) is 0 Å². The number of hydrogen-bond acceptors (Lipinski definition) is 2. The third-order valence-corrected chi connectivity index (χ3v) is 2.91. The molecule has 1 atom stereocenters. The Balaban J connectivity index is 2.07. The Labute approximate surface area is 90.2 Å². The Bertz CT molecular complexity index is 358. The second kappa shape index (κ2) is 4.30. The van der Waals surface area contributed by atoms with Crippen LogP contribution in [0.2, 0.25) is 0 Å². The maximum absolute atomic E-state index is 12.0. The molecule has 1 aliphatic heterocycles. The molecule has 1 fully saturated rings. The number of nitrogens with zero attached hydrogens (tertiary/aromatic N) is 1. The largest absolute Gasteiger partial charge is 0.377 e. The molecule has 1 saturated heterocycles. The molecular weight excluding hydrogens is 186 g/mol. The summed E-state index contributed by atoms with van der Waals surface area (Å²) in [5.41, 5.74) is 0.827. The first-order valence-electron chi connectivity index (χ1n) is 5.27. The molecule has 0 N–H and O–H groups in total. The van der Waals surface area contributed by atoms with Gasteiger partial charge in [0.2, 0.25) is 0 Å². The highest BCUT2D eigenvalue weighted by Gasteiger charge is 2.26. The van der Waals surface area contributed by atoms with Crippen molar-refractivity contribution in [2.24, 2.45) is 5.92 Å². The smallest absolute Gasteiger partial charge is 0.167 e. The van der Waals surface area contributed by atoms with E-state index in [1.165, 1.54) is 0 Å². The number of Topliss-reactive ketones (excluding diaryl/α,β-unsaturated/α-hetero) is 1. The third-order valence-electron chi connectivity index (χ3n) is 2.91. The lowest BCUT2D eigenvalue weighted by atomic mass is 9.97. The molecule has 2 rings (SSSR count). The van der Waals surface area contributed by atoms with Gasteiger partial charge in [0.25, 0.3) is 0 Å². The van der Waals surface area contributed by atoms with Gasteiger partial charge in [-0.05, 0) is 12.6 Å². The van der Waals surface area contributed by atoms with E-state index < -0.39 is 0 Å². The van der Waals surface area contributed by atoms with Crippen LogP contribution in [0.25, 0.3) is 0 Å². The van der Waals surface area contributed by atoms with Gasteiger partial charge in [-0.1, -0.05) is 36.9 Å². The second-order valence-electron chi connectivity index (χ2n) is 3.89. The number of carbonyl (C=O) groups is 1. The standard InChI is InChI=1S/C13H15NO/c1-2-14-9-8-12(10-14)13(15)11-6-4-3-5-7-11/h2-7,12H,1,8-10H2.